The van der Waals surface area contributed by atoms with Crippen molar-refractivity contribution in [2.45, 2.75) is 45.2 Å². The summed E-state index contributed by atoms with van der Waals surface area (Å²) >= 11 is 1.20. The lowest BCUT2D eigenvalue weighted by Gasteiger charge is -2.33. The van der Waals surface area contributed by atoms with Gasteiger partial charge in [0.1, 0.15) is 0 Å². The fraction of sp³-hybridized carbons (Fsp3) is 0.714. The van der Waals surface area contributed by atoms with Gasteiger partial charge in [-0.1, -0.05) is 25.2 Å². The molecule has 1 aliphatic heterocycles. The number of halogens is 3. The van der Waals surface area contributed by atoms with Crippen molar-refractivity contribution in [2.24, 2.45) is 5.92 Å². The molecule has 0 amide bonds. The molecule has 0 radical (unpaired) electrons. The summed E-state index contributed by atoms with van der Waals surface area (Å²) in [5.41, 5.74) is 0.710. The minimum Gasteiger partial charge on any atom is -0.347 e. The number of aromatic nitrogens is 1. The first-order valence-corrected chi connectivity index (χ1v) is 7.96. The Bertz CT molecular complexity index is 501. The van der Waals surface area contributed by atoms with Gasteiger partial charge in [0.15, 0.2) is 11.4 Å². The zero-order valence-electron chi connectivity index (χ0n) is 12.1. The molecule has 0 bridgehead atoms. The Morgan fingerprint density at radius 1 is 1.52 bits per heavy atom. The topological polar surface area (TPSA) is 33.2 Å². The van der Waals surface area contributed by atoms with Crippen LogP contribution in [0.3, 0.4) is 0 Å². The maximum Gasteiger partial charge on any atom is 0.393 e. The zero-order valence-corrected chi connectivity index (χ0v) is 12.9. The molecule has 1 aromatic heterocycles. The van der Waals surface area contributed by atoms with Crippen LogP contribution in [0.4, 0.5) is 18.3 Å². The molecule has 0 saturated carbocycles. The Hall–Kier alpha value is -1.11. The van der Waals surface area contributed by atoms with Crippen LogP contribution in [-0.4, -0.2) is 30.5 Å². The Morgan fingerprint density at radius 2 is 2.24 bits per heavy atom. The number of rotatable bonds is 4. The van der Waals surface area contributed by atoms with Gasteiger partial charge in [-0.25, -0.2) is 4.98 Å². The molecule has 2 rings (SSSR count). The zero-order chi connectivity index (χ0) is 15.6. The van der Waals surface area contributed by atoms with E-state index in [1.54, 1.807) is 4.90 Å². The van der Waals surface area contributed by atoms with E-state index in [4.69, 9.17) is 0 Å². The second kappa shape index (κ2) is 6.34. The SMILES string of the molecule is CCC(C)c1nc(N2CCCC(C(F)(F)F)C2)sc1C=O. The number of nitrogens with zero attached hydrogens (tertiary/aromatic N) is 2. The fourth-order valence-corrected chi connectivity index (χ4v) is 3.55. The van der Waals surface area contributed by atoms with Crippen molar-refractivity contribution in [2.75, 3.05) is 18.0 Å². The number of aldehydes is 1. The van der Waals surface area contributed by atoms with E-state index in [9.17, 15) is 18.0 Å². The summed E-state index contributed by atoms with van der Waals surface area (Å²) in [5.74, 6) is -1.17. The molecular formula is C14H19F3N2OS. The smallest absolute Gasteiger partial charge is 0.347 e. The lowest BCUT2D eigenvalue weighted by atomic mass is 9.98. The fourth-order valence-electron chi connectivity index (χ4n) is 2.52. The Kier molecular flexibility index (Phi) is 4.91. The van der Waals surface area contributed by atoms with E-state index in [-0.39, 0.29) is 18.9 Å². The lowest BCUT2D eigenvalue weighted by molar-refractivity contribution is -0.175. The van der Waals surface area contributed by atoms with Crippen LogP contribution in [0.15, 0.2) is 0 Å². The first-order valence-electron chi connectivity index (χ1n) is 7.14. The van der Waals surface area contributed by atoms with Crippen molar-refractivity contribution in [3.05, 3.63) is 10.6 Å². The van der Waals surface area contributed by atoms with E-state index in [0.29, 0.717) is 28.7 Å². The molecule has 0 N–H and O–H groups in total. The second-order valence-corrected chi connectivity index (χ2v) is 6.51. The minimum atomic E-state index is -4.16. The van der Waals surface area contributed by atoms with Crippen molar-refractivity contribution < 1.29 is 18.0 Å². The minimum absolute atomic E-state index is 0.0603. The summed E-state index contributed by atoms with van der Waals surface area (Å²) in [6.45, 7) is 4.48. The highest BCUT2D eigenvalue weighted by Crippen LogP contribution is 2.37. The molecule has 2 atom stereocenters. The van der Waals surface area contributed by atoms with Gasteiger partial charge in [0.2, 0.25) is 0 Å². The maximum absolute atomic E-state index is 12.9. The van der Waals surface area contributed by atoms with Crippen LogP contribution in [0, 0.1) is 5.92 Å². The predicted molar refractivity (Wildman–Crippen MR) is 77.2 cm³/mol. The van der Waals surface area contributed by atoms with Crippen LogP contribution >= 0.6 is 11.3 Å². The molecule has 118 valence electrons. The monoisotopic (exact) mass is 320 g/mol. The molecule has 3 nitrogen and oxygen atoms in total. The van der Waals surface area contributed by atoms with Crippen molar-refractivity contribution in [3.63, 3.8) is 0 Å². The number of piperidine rings is 1. The van der Waals surface area contributed by atoms with E-state index < -0.39 is 12.1 Å². The highest BCUT2D eigenvalue weighted by Gasteiger charge is 2.42. The average molecular weight is 320 g/mol. The third-order valence-electron chi connectivity index (χ3n) is 4.01. The molecule has 1 saturated heterocycles. The van der Waals surface area contributed by atoms with Crippen molar-refractivity contribution in [1.29, 1.82) is 0 Å². The van der Waals surface area contributed by atoms with Crippen molar-refractivity contribution in [3.8, 4) is 0 Å². The summed E-state index contributed by atoms with van der Waals surface area (Å²) in [6, 6.07) is 0. The number of carbonyl (C=O) groups is 1. The maximum atomic E-state index is 12.9. The summed E-state index contributed by atoms with van der Waals surface area (Å²) in [7, 11) is 0. The summed E-state index contributed by atoms with van der Waals surface area (Å²) in [6.07, 6.45) is -1.89. The second-order valence-electron chi connectivity index (χ2n) is 5.50. The van der Waals surface area contributed by atoms with E-state index in [2.05, 4.69) is 4.98 Å². The molecule has 2 unspecified atom stereocenters. The lowest BCUT2D eigenvalue weighted by Crippen LogP contribution is -2.41. The predicted octanol–water partition coefficient (Wildman–Crippen LogP) is 4.25. The standard InChI is InChI=1S/C14H19F3N2OS/c1-3-9(2)12-11(8-20)21-13(18-12)19-6-4-5-10(7-19)14(15,16)17/h8-10H,3-7H2,1-2H3. The van der Waals surface area contributed by atoms with Gasteiger partial charge in [0.05, 0.1) is 16.5 Å². The molecule has 0 spiro atoms. The Balaban J connectivity index is 2.21. The number of carbonyl (C=O) groups excluding carboxylic acids is 1. The van der Waals surface area contributed by atoms with E-state index in [0.717, 1.165) is 12.7 Å². The number of hydrogen-bond acceptors (Lipinski definition) is 4. The third-order valence-corrected chi connectivity index (χ3v) is 5.07. The van der Waals surface area contributed by atoms with Gasteiger partial charge in [-0.2, -0.15) is 13.2 Å². The molecule has 1 fully saturated rings. The summed E-state index contributed by atoms with van der Waals surface area (Å²) in [4.78, 5) is 17.8. The van der Waals surface area contributed by atoms with Crippen LogP contribution in [0.2, 0.25) is 0 Å². The Morgan fingerprint density at radius 3 is 2.81 bits per heavy atom. The summed E-state index contributed by atoms with van der Waals surface area (Å²) in [5, 5.41) is 0.543. The molecule has 21 heavy (non-hydrogen) atoms. The Labute approximate surface area is 126 Å². The van der Waals surface area contributed by atoms with Gasteiger partial charge in [0.25, 0.3) is 0 Å². The number of anilines is 1. The van der Waals surface area contributed by atoms with Crippen LogP contribution in [0.25, 0.3) is 0 Å². The van der Waals surface area contributed by atoms with Crippen LogP contribution in [-0.2, 0) is 0 Å². The molecule has 0 aromatic carbocycles. The van der Waals surface area contributed by atoms with Gasteiger partial charge in [-0.15, -0.1) is 0 Å². The van der Waals surface area contributed by atoms with Crippen LogP contribution in [0.1, 0.15) is 54.4 Å². The van der Waals surface area contributed by atoms with Gasteiger partial charge in [0, 0.05) is 13.1 Å². The molecule has 0 aliphatic carbocycles. The highest BCUT2D eigenvalue weighted by atomic mass is 32.1. The molecule has 1 aliphatic rings. The number of alkyl halides is 3. The van der Waals surface area contributed by atoms with Gasteiger partial charge < -0.3 is 4.90 Å². The van der Waals surface area contributed by atoms with Gasteiger partial charge in [-0.3, -0.25) is 4.79 Å². The number of hydrogen-bond donors (Lipinski definition) is 0. The van der Waals surface area contributed by atoms with E-state index in [1.807, 2.05) is 13.8 Å². The molecule has 2 heterocycles. The van der Waals surface area contributed by atoms with Gasteiger partial charge in [-0.05, 0) is 25.2 Å². The summed E-state index contributed by atoms with van der Waals surface area (Å²) < 4.78 is 38.6. The quantitative estimate of drug-likeness (QED) is 0.778. The van der Waals surface area contributed by atoms with Crippen molar-refractivity contribution >= 4 is 22.8 Å². The number of thiazole rings is 1. The first-order chi connectivity index (χ1) is 9.86. The van der Waals surface area contributed by atoms with Crippen molar-refractivity contribution in [1.82, 2.24) is 4.98 Å². The van der Waals surface area contributed by atoms with Gasteiger partial charge >= 0.3 is 6.18 Å². The largest absolute Gasteiger partial charge is 0.393 e. The normalized spacial score (nSPS) is 21.4. The molecular weight excluding hydrogens is 301 g/mol. The van der Waals surface area contributed by atoms with Crippen LogP contribution in [0.5, 0.6) is 0 Å². The highest BCUT2D eigenvalue weighted by molar-refractivity contribution is 7.17. The van der Waals surface area contributed by atoms with Crippen LogP contribution < -0.4 is 4.90 Å². The first kappa shape index (κ1) is 16.3. The molecule has 1 aromatic rings. The average Bonchev–Trinajstić information content (AvgIpc) is 2.90. The van der Waals surface area contributed by atoms with E-state index >= 15 is 0 Å². The molecule has 7 heteroatoms. The van der Waals surface area contributed by atoms with E-state index in [1.165, 1.54) is 11.3 Å². The third kappa shape index (κ3) is 3.56.